The molecule has 0 aliphatic rings. The van der Waals surface area contributed by atoms with E-state index in [4.69, 9.17) is 0 Å². The first-order chi connectivity index (χ1) is 36.7. The van der Waals surface area contributed by atoms with Gasteiger partial charge in [0.15, 0.2) is 0 Å². The molecule has 0 aromatic heterocycles. The van der Waals surface area contributed by atoms with Crippen LogP contribution in [0.25, 0.3) is 88.0 Å². The number of anilines is 6. The van der Waals surface area contributed by atoms with Gasteiger partial charge in [-0.25, -0.2) is 0 Å². The van der Waals surface area contributed by atoms with Crippen molar-refractivity contribution in [2.75, 3.05) is 9.80 Å². The molecule has 0 radical (unpaired) electrons. The molecule has 0 atom stereocenters. The van der Waals surface area contributed by atoms with Crippen molar-refractivity contribution in [1.82, 2.24) is 0 Å². The number of hydrogen-bond acceptors (Lipinski definition) is 2. The predicted molar refractivity (Wildman–Crippen MR) is 316 cm³/mol. The molecule has 74 heavy (non-hydrogen) atoms. The van der Waals surface area contributed by atoms with E-state index in [0.29, 0.717) is 0 Å². The maximum absolute atomic E-state index is 2.41. The molecule has 0 heterocycles. The first-order valence-electron chi connectivity index (χ1n) is 25.4. The van der Waals surface area contributed by atoms with Gasteiger partial charge in [-0.2, -0.15) is 0 Å². The summed E-state index contributed by atoms with van der Waals surface area (Å²) in [5.41, 5.74) is 18.6. The van der Waals surface area contributed by atoms with Crippen LogP contribution in [-0.4, -0.2) is 0 Å². The van der Waals surface area contributed by atoms with Crippen molar-refractivity contribution in [3.63, 3.8) is 0 Å². The molecule has 0 saturated carbocycles. The highest BCUT2D eigenvalue weighted by Crippen LogP contribution is 2.45. The standard InChI is InChI=1S/C72H50N2/c1-4-19-51(20-5-1)52-39-41-53(42-40-52)54-43-45-60(46-44-54)73(58-25-6-2-7-26-58)61-29-14-24-57(49-61)65-47-48-70(67-33-13-12-32-66(65)67)68-35-17-37-71-69(68)36-18-38-72(71)74(59-27-8-3-9-28-59)62-30-15-23-56(50-62)64-34-16-22-55-21-10-11-31-63(55)64/h1-50H. The van der Waals surface area contributed by atoms with Crippen LogP contribution in [0.15, 0.2) is 303 Å². The Morgan fingerprint density at radius 2 is 0.527 bits per heavy atom. The molecule has 0 aliphatic carbocycles. The molecule has 13 aromatic carbocycles. The van der Waals surface area contributed by atoms with Crippen molar-refractivity contribution in [2.45, 2.75) is 0 Å². The fourth-order valence-corrected chi connectivity index (χ4v) is 10.9. The third-order valence-electron chi connectivity index (χ3n) is 14.5. The molecular formula is C72H50N2. The van der Waals surface area contributed by atoms with Gasteiger partial charge in [0.2, 0.25) is 0 Å². The lowest BCUT2D eigenvalue weighted by atomic mass is 9.89. The van der Waals surface area contributed by atoms with Gasteiger partial charge in [0.1, 0.15) is 0 Å². The molecule has 2 heteroatoms. The van der Waals surface area contributed by atoms with E-state index in [-0.39, 0.29) is 0 Å². The van der Waals surface area contributed by atoms with E-state index in [9.17, 15) is 0 Å². The molecule has 0 amide bonds. The average Bonchev–Trinajstić information content (AvgIpc) is 3.48. The fraction of sp³-hybridized carbons (Fsp3) is 0. The van der Waals surface area contributed by atoms with Crippen molar-refractivity contribution in [3.05, 3.63) is 303 Å². The number of benzene rings is 13. The van der Waals surface area contributed by atoms with Crippen LogP contribution in [-0.2, 0) is 0 Å². The van der Waals surface area contributed by atoms with E-state index >= 15 is 0 Å². The Kier molecular flexibility index (Phi) is 11.6. The molecule has 0 aliphatic heterocycles. The Bertz CT molecular complexity index is 4100. The van der Waals surface area contributed by atoms with Gasteiger partial charge in [0, 0.05) is 33.8 Å². The minimum Gasteiger partial charge on any atom is -0.310 e. The maximum Gasteiger partial charge on any atom is 0.0540 e. The highest BCUT2D eigenvalue weighted by Gasteiger charge is 2.20. The minimum absolute atomic E-state index is 1.09. The number of fused-ring (bicyclic) bond motifs is 3. The molecule has 0 fully saturated rings. The van der Waals surface area contributed by atoms with Crippen molar-refractivity contribution in [2.24, 2.45) is 0 Å². The first-order valence-corrected chi connectivity index (χ1v) is 25.4. The second kappa shape index (κ2) is 19.4. The lowest BCUT2D eigenvalue weighted by molar-refractivity contribution is 1.28. The third-order valence-corrected chi connectivity index (χ3v) is 14.5. The predicted octanol–water partition coefficient (Wildman–Crippen LogP) is 20.4. The van der Waals surface area contributed by atoms with E-state index in [0.717, 1.165) is 39.7 Å². The van der Waals surface area contributed by atoms with Crippen molar-refractivity contribution in [1.29, 1.82) is 0 Å². The highest BCUT2D eigenvalue weighted by molar-refractivity contribution is 6.12. The maximum atomic E-state index is 2.41. The molecule has 2 nitrogen and oxygen atoms in total. The van der Waals surface area contributed by atoms with Crippen LogP contribution in [0.4, 0.5) is 34.1 Å². The first kappa shape index (κ1) is 44.2. The highest BCUT2D eigenvalue weighted by atomic mass is 15.1. The zero-order chi connectivity index (χ0) is 49.2. The Labute approximate surface area is 433 Å². The van der Waals surface area contributed by atoms with Crippen LogP contribution in [0.5, 0.6) is 0 Å². The van der Waals surface area contributed by atoms with Gasteiger partial charge in [-0.15, -0.1) is 0 Å². The van der Waals surface area contributed by atoms with Crippen LogP contribution in [0.1, 0.15) is 0 Å². The summed E-state index contributed by atoms with van der Waals surface area (Å²) < 4.78 is 0. The Morgan fingerprint density at radius 1 is 0.176 bits per heavy atom. The van der Waals surface area contributed by atoms with Crippen molar-refractivity contribution < 1.29 is 0 Å². The summed E-state index contributed by atoms with van der Waals surface area (Å²) >= 11 is 0. The summed E-state index contributed by atoms with van der Waals surface area (Å²) in [4.78, 5) is 4.77. The summed E-state index contributed by atoms with van der Waals surface area (Å²) in [6, 6.07) is 110. The smallest absolute Gasteiger partial charge is 0.0540 e. The summed E-state index contributed by atoms with van der Waals surface area (Å²) in [7, 11) is 0. The van der Waals surface area contributed by atoms with Gasteiger partial charge in [0.05, 0.1) is 5.69 Å². The zero-order valence-corrected chi connectivity index (χ0v) is 40.8. The summed E-state index contributed by atoms with van der Waals surface area (Å²) in [5, 5.41) is 7.28. The second-order valence-corrected chi connectivity index (χ2v) is 18.8. The largest absolute Gasteiger partial charge is 0.310 e. The van der Waals surface area contributed by atoms with Crippen LogP contribution in [0.2, 0.25) is 0 Å². The monoisotopic (exact) mass is 942 g/mol. The summed E-state index contributed by atoms with van der Waals surface area (Å²) in [6.45, 7) is 0. The number of hydrogen-bond donors (Lipinski definition) is 0. The molecule has 348 valence electrons. The third kappa shape index (κ3) is 8.35. The lowest BCUT2D eigenvalue weighted by Gasteiger charge is -2.28. The summed E-state index contributed by atoms with van der Waals surface area (Å²) in [6.07, 6.45) is 0. The molecule has 13 rings (SSSR count). The van der Waals surface area contributed by atoms with E-state index in [1.165, 1.54) is 82.4 Å². The Hall–Kier alpha value is -9.76. The van der Waals surface area contributed by atoms with E-state index in [2.05, 4.69) is 313 Å². The van der Waals surface area contributed by atoms with Gasteiger partial charge in [0.25, 0.3) is 0 Å². The Balaban J connectivity index is 0.871. The Morgan fingerprint density at radius 3 is 1.19 bits per heavy atom. The van der Waals surface area contributed by atoms with Crippen molar-refractivity contribution >= 4 is 66.4 Å². The van der Waals surface area contributed by atoms with Gasteiger partial charge in [-0.05, 0) is 149 Å². The molecule has 0 bridgehead atoms. The number of nitrogens with zero attached hydrogens (tertiary/aromatic N) is 2. The van der Waals surface area contributed by atoms with E-state index in [1.807, 2.05) is 0 Å². The molecular weight excluding hydrogens is 893 g/mol. The molecule has 0 unspecified atom stereocenters. The van der Waals surface area contributed by atoms with Crippen molar-refractivity contribution in [3.8, 4) is 55.6 Å². The van der Waals surface area contributed by atoms with Gasteiger partial charge in [-0.3, -0.25) is 0 Å². The van der Waals surface area contributed by atoms with Gasteiger partial charge >= 0.3 is 0 Å². The second-order valence-electron chi connectivity index (χ2n) is 18.8. The minimum atomic E-state index is 1.09. The van der Waals surface area contributed by atoms with Gasteiger partial charge in [-0.1, -0.05) is 237 Å². The summed E-state index contributed by atoms with van der Waals surface area (Å²) in [5.74, 6) is 0. The molecule has 0 N–H and O–H groups in total. The van der Waals surface area contributed by atoms with Gasteiger partial charge < -0.3 is 9.80 Å². The van der Waals surface area contributed by atoms with Crippen LogP contribution >= 0.6 is 0 Å². The SMILES string of the molecule is c1ccc(-c2ccc(-c3ccc(N(c4ccccc4)c4cccc(-c5ccc(-c6cccc7c(N(c8ccccc8)c8cccc(-c9cccc%10ccccc9%10)c8)cccc67)c6ccccc56)c4)cc3)cc2)cc1. The van der Waals surface area contributed by atoms with Crippen LogP contribution in [0, 0.1) is 0 Å². The quantitative estimate of drug-likeness (QED) is 0.127. The molecule has 13 aromatic rings. The normalized spacial score (nSPS) is 11.2. The zero-order valence-electron chi connectivity index (χ0n) is 40.8. The fourth-order valence-electron chi connectivity index (χ4n) is 10.9. The molecule has 0 spiro atoms. The number of rotatable bonds is 11. The van der Waals surface area contributed by atoms with E-state index in [1.54, 1.807) is 0 Å². The lowest BCUT2D eigenvalue weighted by Crippen LogP contribution is -2.10. The van der Waals surface area contributed by atoms with E-state index < -0.39 is 0 Å². The topological polar surface area (TPSA) is 6.48 Å². The number of para-hydroxylation sites is 2. The molecule has 0 saturated heterocycles. The van der Waals surface area contributed by atoms with Crippen LogP contribution in [0.3, 0.4) is 0 Å². The van der Waals surface area contributed by atoms with Crippen LogP contribution < -0.4 is 9.80 Å². The average molecular weight is 943 g/mol.